The molecule has 5 heteroatoms. The molecule has 0 spiro atoms. The molecule has 24 heavy (non-hydrogen) atoms. The van der Waals surface area contributed by atoms with Gasteiger partial charge in [-0.25, -0.2) is 9.67 Å². The molecule has 0 saturated carbocycles. The van der Waals surface area contributed by atoms with Crippen molar-refractivity contribution < 1.29 is 4.74 Å². The van der Waals surface area contributed by atoms with Gasteiger partial charge in [0.05, 0.1) is 11.8 Å². The number of rotatable bonds is 5. The largest absolute Gasteiger partial charge is 0.491 e. The van der Waals surface area contributed by atoms with E-state index >= 15 is 0 Å². The molecular formula is C19H20N4O. The Kier molecular flexibility index (Phi) is 4.70. The Labute approximate surface area is 141 Å². The lowest BCUT2D eigenvalue weighted by Crippen LogP contribution is -2.05. The number of benzene rings is 1. The summed E-state index contributed by atoms with van der Waals surface area (Å²) in [6.07, 6.45) is 7.30. The van der Waals surface area contributed by atoms with Gasteiger partial charge in [0.2, 0.25) is 0 Å². The molecule has 1 aromatic carbocycles. The molecule has 2 aromatic heterocycles. The van der Waals surface area contributed by atoms with Crippen molar-refractivity contribution in [2.24, 2.45) is 0 Å². The molecule has 0 N–H and O–H groups in total. The highest BCUT2D eigenvalue weighted by Crippen LogP contribution is 2.24. The molecule has 0 saturated heterocycles. The lowest BCUT2D eigenvalue weighted by molar-refractivity contribution is 0.242. The van der Waals surface area contributed by atoms with Gasteiger partial charge in [0, 0.05) is 18.0 Å². The topological polar surface area (TPSA) is 52.8 Å². The third-order valence-corrected chi connectivity index (χ3v) is 3.28. The third-order valence-electron chi connectivity index (χ3n) is 3.28. The molecule has 0 amide bonds. The van der Waals surface area contributed by atoms with E-state index in [-0.39, 0.29) is 6.10 Å². The van der Waals surface area contributed by atoms with Crippen LogP contribution in [0.25, 0.3) is 23.7 Å². The molecule has 0 aliphatic rings. The Morgan fingerprint density at radius 1 is 1.12 bits per heavy atom. The minimum absolute atomic E-state index is 0.131. The SMILES string of the molecule is Cc1cc(OC(C)C)cc(-c2ncn(/C=C\c3ccccn3)n2)c1. The fourth-order valence-corrected chi connectivity index (χ4v) is 2.32. The number of aromatic nitrogens is 4. The van der Waals surface area contributed by atoms with E-state index in [0.29, 0.717) is 5.82 Å². The lowest BCUT2D eigenvalue weighted by Gasteiger charge is -2.11. The van der Waals surface area contributed by atoms with Crippen LogP contribution in [-0.4, -0.2) is 25.9 Å². The highest BCUT2D eigenvalue weighted by molar-refractivity contribution is 5.60. The van der Waals surface area contributed by atoms with Gasteiger partial charge in [-0.3, -0.25) is 4.98 Å². The lowest BCUT2D eigenvalue weighted by atomic mass is 10.1. The molecule has 2 heterocycles. The van der Waals surface area contributed by atoms with E-state index in [9.17, 15) is 0 Å². The fraction of sp³-hybridized carbons (Fsp3) is 0.211. The Bertz CT molecular complexity index is 838. The van der Waals surface area contributed by atoms with Crippen LogP contribution in [0.15, 0.2) is 48.9 Å². The highest BCUT2D eigenvalue weighted by atomic mass is 16.5. The van der Waals surface area contributed by atoms with Crippen LogP contribution in [-0.2, 0) is 0 Å². The van der Waals surface area contributed by atoms with Crippen molar-refractivity contribution in [2.45, 2.75) is 26.9 Å². The van der Waals surface area contributed by atoms with Crippen molar-refractivity contribution >= 4 is 12.3 Å². The molecule has 0 aliphatic carbocycles. The number of pyridine rings is 1. The van der Waals surface area contributed by atoms with Gasteiger partial charge >= 0.3 is 0 Å². The maximum Gasteiger partial charge on any atom is 0.181 e. The van der Waals surface area contributed by atoms with Crippen molar-refractivity contribution in [2.75, 3.05) is 0 Å². The molecule has 5 nitrogen and oxygen atoms in total. The molecule has 0 fully saturated rings. The average molecular weight is 320 g/mol. The second-order valence-electron chi connectivity index (χ2n) is 5.82. The van der Waals surface area contributed by atoms with Crippen LogP contribution in [0.5, 0.6) is 5.75 Å². The summed E-state index contributed by atoms with van der Waals surface area (Å²) >= 11 is 0. The normalized spacial score (nSPS) is 11.3. The van der Waals surface area contributed by atoms with Crippen LogP contribution in [0, 0.1) is 6.92 Å². The molecule has 0 unspecified atom stereocenters. The Balaban J connectivity index is 1.83. The van der Waals surface area contributed by atoms with Gasteiger partial charge in [0.1, 0.15) is 12.1 Å². The number of hydrogen-bond donors (Lipinski definition) is 0. The predicted molar refractivity (Wildman–Crippen MR) is 95.4 cm³/mol. The summed E-state index contributed by atoms with van der Waals surface area (Å²) in [6.45, 7) is 6.06. The van der Waals surface area contributed by atoms with Gasteiger partial charge in [-0.1, -0.05) is 6.07 Å². The minimum Gasteiger partial charge on any atom is -0.491 e. The minimum atomic E-state index is 0.131. The summed E-state index contributed by atoms with van der Waals surface area (Å²) in [6, 6.07) is 11.8. The Morgan fingerprint density at radius 2 is 2.00 bits per heavy atom. The zero-order valence-corrected chi connectivity index (χ0v) is 14.0. The van der Waals surface area contributed by atoms with Crippen LogP contribution < -0.4 is 4.74 Å². The molecule has 3 aromatic rings. The van der Waals surface area contributed by atoms with E-state index in [2.05, 4.69) is 21.1 Å². The van der Waals surface area contributed by atoms with Crippen molar-refractivity contribution in [3.63, 3.8) is 0 Å². The zero-order valence-electron chi connectivity index (χ0n) is 14.0. The van der Waals surface area contributed by atoms with Crippen molar-refractivity contribution in [1.29, 1.82) is 0 Å². The average Bonchev–Trinajstić information content (AvgIpc) is 3.02. The summed E-state index contributed by atoms with van der Waals surface area (Å²) in [5.74, 6) is 1.50. The van der Waals surface area contributed by atoms with Crippen molar-refractivity contribution in [3.05, 3.63) is 60.2 Å². The maximum atomic E-state index is 5.78. The van der Waals surface area contributed by atoms with Gasteiger partial charge in [-0.15, -0.1) is 5.10 Å². The first-order valence-electron chi connectivity index (χ1n) is 7.89. The van der Waals surface area contributed by atoms with Crippen LogP contribution in [0.1, 0.15) is 25.1 Å². The Hall–Kier alpha value is -2.95. The first-order chi connectivity index (χ1) is 11.6. The van der Waals surface area contributed by atoms with Crippen molar-refractivity contribution in [1.82, 2.24) is 19.7 Å². The predicted octanol–water partition coefficient (Wildman–Crippen LogP) is 4.06. The monoisotopic (exact) mass is 320 g/mol. The van der Waals surface area contributed by atoms with Crippen molar-refractivity contribution in [3.8, 4) is 17.1 Å². The summed E-state index contributed by atoms with van der Waals surface area (Å²) in [5, 5.41) is 4.49. The highest BCUT2D eigenvalue weighted by Gasteiger charge is 2.07. The van der Waals surface area contributed by atoms with Crippen LogP contribution in [0.4, 0.5) is 0 Å². The van der Waals surface area contributed by atoms with E-state index in [0.717, 1.165) is 22.6 Å². The first kappa shape index (κ1) is 15.9. The number of nitrogens with zero attached hydrogens (tertiary/aromatic N) is 4. The molecular weight excluding hydrogens is 300 g/mol. The van der Waals surface area contributed by atoms with E-state index in [1.165, 1.54) is 0 Å². The summed E-state index contributed by atoms with van der Waals surface area (Å²) < 4.78 is 7.46. The molecule has 3 rings (SSSR count). The van der Waals surface area contributed by atoms with Gasteiger partial charge in [0.15, 0.2) is 5.82 Å². The third kappa shape index (κ3) is 4.07. The summed E-state index contributed by atoms with van der Waals surface area (Å²) in [7, 11) is 0. The second-order valence-corrected chi connectivity index (χ2v) is 5.82. The second kappa shape index (κ2) is 7.08. The number of hydrogen-bond acceptors (Lipinski definition) is 4. The van der Waals surface area contributed by atoms with E-state index < -0.39 is 0 Å². The van der Waals surface area contributed by atoms with E-state index in [4.69, 9.17) is 4.74 Å². The molecule has 0 bridgehead atoms. The van der Waals surface area contributed by atoms with Gasteiger partial charge < -0.3 is 4.74 Å². The molecule has 122 valence electrons. The molecule has 0 atom stereocenters. The zero-order chi connectivity index (χ0) is 16.9. The van der Waals surface area contributed by atoms with Crippen LogP contribution >= 0.6 is 0 Å². The maximum absolute atomic E-state index is 5.78. The smallest absolute Gasteiger partial charge is 0.181 e. The fourth-order valence-electron chi connectivity index (χ4n) is 2.32. The summed E-state index contributed by atoms with van der Waals surface area (Å²) in [4.78, 5) is 8.63. The van der Waals surface area contributed by atoms with E-state index in [1.807, 2.05) is 63.4 Å². The van der Waals surface area contributed by atoms with Gasteiger partial charge in [-0.2, -0.15) is 0 Å². The quantitative estimate of drug-likeness (QED) is 0.711. The van der Waals surface area contributed by atoms with Gasteiger partial charge in [-0.05, 0) is 62.7 Å². The van der Waals surface area contributed by atoms with Gasteiger partial charge in [0.25, 0.3) is 0 Å². The first-order valence-corrected chi connectivity index (χ1v) is 7.89. The van der Waals surface area contributed by atoms with Crippen LogP contribution in [0.3, 0.4) is 0 Å². The molecule has 0 aliphatic heterocycles. The molecule has 0 radical (unpaired) electrons. The number of ether oxygens (including phenoxy) is 1. The standard InChI is InChI=1S/C19H20N4O/c1-14(2)24-18-11-15(3)10-16(12-18)19-21-13-23(22-19)9-7-17-6-4-5-8-20-17/h4-14H,1-3H3/b9-7-. The number of aryl methyl sites for hydroxylation is 1. The van der Waals surface area contributed by atoms with Crippen LogP contribution in [0.2, 0.25) is 0 Å². The Morgan fingerprint density at radius 3 is 2.75 bits per heavy atom. The van der Waals surface area contributed by atoms with E-state index in [1.54, 1.807) is 17.2 Å². The summed E-state index contributed by atoms with van der Waals surface area (Å²) in [5.41, 5.74) is 2.93.